The lowest BCUT2D eigenvalue weighted by Gasteiger charge is -2.16. The molecular formula is C10H11F3INO3. The Labute approximate surface area is 115 Å². The summed E-state index contributed by atoms with van der Waals surface area (Å²) in [5.74, 6) is -0.375. The molecule has 0 saturated carbocycles. The van der Waals surface area contributed by atoms with Gasteiger partial charge in [0.25, 0.3) is 0 Å². The molecule has 1 atom stereocenters. The summed E-state index contributed by atoms with van der Waals surface area (Å²) in [6.45, 7) is -0.557. The van der Waals surface area contributed by atoms with E-state index in [1.54, 1.807) is 6.07 Å². The van der Waals surface area contributed by atoms with Gasteiger partial charge in [-0.05, 0) is 40.8 Å². The van der Waals surface area contributed by atoms with Gasteiger partial charge < -0.3 is 20.3 Å². The summed E-state index contributed by atoms with van der Waals surface area (Å²) in [6.07, 6.45) is -5.83. The Hall–Kier alpha value is -0.740. The first-order chi connectivity index (χ1) is 8.31. The van der Waals surface area contributed by atoms with E-state index in [-0.39, 0.29) is 18.0 Å². The standard InChI is InChI=1S/C10H11F3INO3/c11-10(12,13)18-9-3-6(14)1-2-8(9)15-4-7(17)5-16/h1-3,7,15-17H,4-5H2. The number of hydrogen-bond donors (Lipinski definition) is 3. The number of hydrogen-bond acceptors (Lipinski definition) is 4. The Morgan fingerprint density at radius 1 is 1.39 bits per heavy atom. The van der Waals surface area contributed by atoms with Crippen LogP contribution in [0.5, 0.6) is 5.75 Å². The molecule has 102 valence electrons. The highest BCUT2D eigenvalue weighted by Crippen LogP contribution is 2.31. The fourth-order valence-corrected chi connectivity index (χ4v) is 1.61. The Morgan fingerprint density at radius 3 is 2.61 bits per heavy atom. The molecule has 0 fully saturated rings. The lowest BCUT2D eigenvalue weighted by atomic mass is 10.2. The molecular weight excluding hydrogens is 366 g/mol. The summed E-state index contributed by atoms with van der Waals surface area (Å²) < 4.78 is 41.0. The van der Waals surface area contributed by atoms with Gasteiger partial charge in [-0.25, -0.2) is 0 Å². The average Bonchev–Trinajstić information content (AvgIpc) is 2.25. The monoisotopic (exact) mass is 377 g/mol. The molecule has 18 heavy (non-hydrogen) atoms. The molecule has 0 heterocycles. The summed E-state index contributed by atoms with van der Waals surface area (Å²) in [5.41, 5.74) is 0.0974. The van der Waals surface area contributed by atoms with Gasteiger partial charge in [0.2, 0.25) is 0 Å². The number of nitrogens with one attached hydrogen (secondary N) is 1. The average molecular weight is 377 g/mol. The SMILES string of the molecule is OCC(O)CNc1ccc(I)cc1OC(F)(F)F. The predicted octanol–water partition coefficient (Wildman–Crippen LogP) is 1.95. The van der Waals surface area contributed by atoms with Crippen molar-refractivity contribution in [2.75, 3.05) is 18.5 Å². The molecule has 0 bridgehead atoms. The molecule has 0 aliphatic rings. The van der Waals surface area contributed by atoms with Crippen LogP contribution in [0.25, 0.3) is 0 Å². The van der Waals surface area contributed by atoms with E-state index in [0.29, 0.717) is 3.57 Å². The third-order valence-corrected chi connectivity index (χ3v) is 2.58. The van der Waals surface area contributed by atoms with Crippen molar-refractivity contribution in [1.82, 2.24) is 0 Å². The van der Waals surface area contributed by atoms with Gasteiger partial charge in [-0.1, -0.05) is 0 Å². The van der Waals surface area contributed by atoms with Crippen LogP contribution < -0.4 is 10.1 Å². The molecule has 1 aromatic rings. The van der Waals surface area contributed by atoms with E-state index >= 15 is 0 Å². The molecule has 0 aliphatic heterocycles. The Morgan fingerprint density at radius 2 is 2.06 bits per heavy atom. The highest BCUT2D eigenvalue weighted by molar-refractivity contribution is 14.1. The first kappa shape index (κ1) is 15.3. The van der Waals surface area contributed by atoms with Crippen molar-refractivity contribution in [3.8, 4) is 5.75 Å². The maximum Gasteiger partial charge on any atom is 0.573 e. The van der Waals surface area contributed by atoms with E-state index in [1.165, 1.54) is 12.1 Å². The van der Waals surface area contributed by atoms with E-state index in [1.807, 2.05) is 22.6 Å². The first-order valence-electron chi connectivity index (χ1n) is 4.90. The fourth-order valence-electron chi connectivity index (χ4n) is 1.14. The minimum absolute atomic E-state index is 0.0781. The molecule has 4 nitrogen and oxygen atoms in total. The zero-order chi connectivity index (χ0) is 13.8. The largest absolute Gasteiger partial charge is 0.573 e. The maximum absolute atomic E-state index is 12.2. The summed E-state index contributed by atoms with van der Waals surface area (Å²) in [5, 5.41) is 20.3. The molecule has 1 aromatic carbocycles. The van der Waals surface area contributed by atoms with E-state index in [0.717, 1.165) is 0 Å². The Bertz CT molecular complexity index is 400. The minimum atomic E-state index is -4.78. The van der Waals surface area contributed by atoms with E-state index < -0.39 is 19.1 Å². The number of anilines is 1. The first-order valence-corrected chi connectivity index (χ1v) is 5.98. The van der Waals surface area contributed by atoms with Gasteiger partial charge in [0.05, 0.1) is 18.4 Å². The summed E-state index contributed by atoms with van der Waals surface area (Å²) >= 11 is 1.86. The molecule has 0 amide bonds. The zero-order valence-corrected chi connectivity index (χ0v) is 11.2. The Kier molecular flexibility index (Phi) is 5.47. The topological polar surface area (TPSA) is 61.7 Å². The molecule has 1 rings (SSSR count). The second-order valence-corrected chi connectivity index (χ2v) is 4.65. The van der Waals surface area contributed by atoms with Crippen LogP contribution in [0.2, 0.25) is 0 Å². The quantitative estimate of drug-likeness (QED) is 0.687. The van der Waals surface area contributed by atoms with Gasteiger partial charge in [-0.15, -0.1) is 13.2 Å². The minimum Gasteiger partial charge on any atom is -0.404 e. The predicted molar refractivity (Wildman–Crippen MR) is 67.4 cm³/mol. The number of aliphatic hydroxyl groups excluding tert-OH is 2. The lowest BCUT2D eigenvalue weighted by molar-refractivity contribution is -0.274. The van der Waals surface area contributed by atoms with Crippen LogP contribution in [0.4, 0.5) is 18.9 Å². The highest BCUT2D eigenvalue weighted by Gasteiger charge is 2.32. The van der Waals surface area contributed by atoms with Crippen molar-refractivity contribution in [2.45, 2.75) is 12.5 Å². The molecule has 0 spiro atoms. The number of aliphatic hydroxyl groups is 2. The van der Waals surface area contributed by atoms with Crippen LogP contribution in [0.15, 0.2) is 18.2 Å². The van der Waals surface area contributed by atoms with Crippen LogP contribution in [0, 0.1) is 3.57 Å². The number of halogens is 4. The fraction of sp³-hybridized carbons (Fsp3) is 0.400. The third kappa shape index (κ3) is 5.27. The summed E-state index contributed by atoms with van der Waals surface area (Å²) in [4.78, 5) is 0. The normalized spacial score (nSPS) is 13.2. The molecule has 8 heteroatoms. The summed E-state index contributed by atoms with van der Waals surface area (Å²) in [6, 6.07) is 4.23. The van der Waals surface area contributed by atoms with Gasteiger partial charge >= 0.3 is 6.36 Å². The van der Waals surface area contributed by atoms with Crippen molar-refractivity contribution < 1.29 is 28.1 Å². The smallest absolute Gasteiger partial charge is 0.404 e. The lowest BCUT2D eigenvalue weighted by Crippen LogP contribution is -2.24. The van der Waals surface area contributed by atoms with Gasteiger partial charge in [0.1, 0.15) is 0 Å². The van der Waals surface area contributed by atoms with E-state index in [4.69, 9.17) is 10.2 Å². The van der Waals surface area contributed by atoms with Crippen molar-refractivity contribution in [3.63, 3.8) is 0 Å². The summed E-state index contributed by atoms with van der Waals surface area (Å²) in [7, 11) is 0. The van der Waals surface area contributed by atoms with Crippen LogP contribution in [-0.4, -0.2) is 35.8 Å². The second kappa shape index (κ2) is 6.43. The number of ether oxygens (including phenoxy) is 1. The molecule has 0 aliphatic carbocycles. The van der Waals surface area contributed by atoms with Crippen molar-refractivity contribution in [3.05, 3.63) is 21.8 Å². The van der Waals surface area contributed by atoms with E-state index in [2.05, 4.69) is 10.1 Å². The molecule has 0 radical (unpaired) electrons. The van der Waals surface area contributed by atoms with Gasteiger partial charge in [0, 0.05) is 10.1 Å². The maximum atomic E-state index is 12.2. The zero-order valence-electron chi connectivity index (χ0n) is 9.04. The molecule has 0 saturated heterocycles. The van der Waals surface area contributed by atoms with Gasteiger partial charge in [0.15, 0.2) is 5.75 Å². The number of benzene rings is 1. The van der Waals surface area contributed by atoms with Gasteiger partial charge in [-0.3, -0.25) is 0 Å². The van der Waals surface area contributed by atoms with Crippen LogP contribution in [0.3, 0.4) is 0 Å². The van der Waals surface area contributed by atoms with Crippen LogP contribution in [-0.2, 0) is 0 Å². The third-order valence-electron chi connectivity index (χ3n) is 1.91. The van der Waals surface area contributed by atoms with Crippen molar-refractivity contribution >= 4 is 28.3 Å². The van der Waals surface area contributed by atoms with E-state index in [9.17, 15) is 13.2 Å². The molecule has 1 unspecified atom stereocenters. The van der Waals surface area contributed by atoms with Crippen LogP contribution in [0.1, 0.15) is 0 Å². The van der Waals surface area contributed by atoms with Crippen molar-refractivity contribution in [1.29, 1.82) is 0 Å². The Balaban J connectivity index is 2.83. The van der Waals surface area contributed by atoms with Gasteiger partial charge in [-0.2, -0.15) is 0 Å². The highest BCUT2D eigenvalue weighted by atomic mass is 127. The molecule has 3 N–H and O–H groups in total. The number of rotatable bonds is 5. The van der Waals surface area contributed by atoms with Crippen molar-refractivity contribution in [2.24, 2.45) is 0 Å². The number of alkyl halides is 3. The molecule has 0 aromatic heterocycles. The van der Waals surface area contributed by atoms with Crippen LogP contribution >= 0.6 is 22.6 Å². The second-order valence-electron chi connectivity index (χ2n) is 3.41.